The van der Waals surface area contributed by atoms with E-state index >= 15 is 0 Å². The van der Waals surface area contributed by atoms with Gasteiger partial charge in [-0.1, -0.05) is 48.7 Å². The van der Waals surface area contributed by atoms with Gasteiger partial charge < -0.3 is 11.1 Å². The van der Waals surface area contributed by atoms with Crippen LogP contribution in [0, 0.1) is 0 Å². The van der Waals surface area contributed by atoms with Gasteiger partial charge in [0.05, 0.1) is 5.54 Å². The standard InChI is InChI=1S/C11H20N4OS3/c1-5-13-11(3,8(12)16)6-7(2)18-10-15-14-9(17-4)19-10/h7,13H,5-6H2,1-4H3,(H2,12,16). The van der Waals surface area contributed by atoms with Crippen molar-refractivity contribution in [2.75, 3.05) is 12.8 Å². The van der Waals surface area contributed by atoms with Gasteiger partial charge in [0.15, 0.2) is 8.68 Å². The molecule has 19 heavy (non-hydrogen) atoms. The molecule has 0 spiro atoms. The fourth-order valence-corrected chi connectivity index (χ4v) is 4.70. The summed E-state index contributed by atoms with van der Waals surface area (Å²) in [6.45, 7) is 6.60. The Kier molecular flexibility index (Phi) is 6.58. The van der Waals surface area contributed by atoms with E-state index < -0.39 is 5.54 Å². The van der Waals surface area contributed by atoms with Crippen molar-refractivity contribution >= 4 is 40.8 Å². The van der Waals surface area contributed by atoms with Crippen LogP contribution < -0.4 is 11.1 Å². The van der Waals surface area contributed by atoms with E-state index in [1.54, 1.807) is 34.9 Å². The Morgan fingerprint density at radius 1 is 1.53 bits per heavy atom. The molecule has 5 nitrogen and oxygen atoms in total. The average Bonchev–Trinajstić information content (AvgIpc) is 2.76. The lowest BCUT2D eigenvalue weighted by atomic mass is 9.95. The smallest absolute Gasteiger partial charge is 0.237 e. The highest BCUT2D eigenvalue weighted by atomic mass is 32.2. The third-order valence-electron chi connectivity index (χ3n) is 2.67. The Morgan fingerprint density at radius 2 is 2.16 bits per heavy atom. The van der Waals surface area contributed by atoms with Crippen LogP contribution >= 0.6 is 34.9 Å². The molecule has 1 amide bonds. The quantitative estimate of drug-likeness (QED) is 0.713. The van der Waals surface area contributed by atoms with Crippen molar-refractivity contribution < 1.29 is 4.79 Å². The zero-order valence-electron chi connectivity index (χ0n) is 11.6. The number of thioether (sulfide) groups is 2. The van der Waals surface area contributed by atoms with E-state index in [1.807, 2.05) is 20.1 Å². The van der Waals surface area contributed by atoms with Crippen molar-refractivity contribution in [3.05, 3.63) is 0 Å². The predicted octanol–water partition coefficient (Wildman–Crippen LogP) is 1.98. The molecule has 0 aliphatic rings. The number of carbonyl (C=O) groups excluding carboxylic acids is 1. The Balaban J connectivity index is 2.62. The number of nitrogens with two attached hydrogens (primary N) is 1. The van der Waals surface area contributed by atoms with Crippen LogP contribution in [0.25, 0.3) is 0 Å². The number of nitrogens with zero attached hydrogens (tertiary/aromatic N) is 2. The van der Waals surface area contributed by atoms with E-state index in [2.05, 4.69) is 22.4 Å². The summed E-state index contributed by atoms with van der Waals surface area (Å²) in [5, 5.41) is 11.6. The van der Waals surface area contributed by atoms with Crippen molar-refractivity contribution in [3.63, 3.8) is 0 Å². The third kappa shape index (κ3) is 4.94. The number of hydrogen-bond acceptors (Lipinski definition) is 7. The molecule has 0 aliphatic heterocycles. The molecule has 0 radical (unpaired) electrons. The summed E-state index contributed by atoms with van der Waals surface area (Å²) in [5.41, 5.74) is 4.81. The number of rotatable bonds is 8. The first-order valence-corrected chi connectivity index (χ1v) is 8.92. The topological polar surface area (TPSA) is 80.9 Å². The highest BCUT2D eigenvalue weighted by Crippen LogP contribution is 2.33. The maximum atomic E-state index is 11.6. The van der Waals surface area contributed by atoms with Gasteiger partial charge in [-0.25, -0.2) is 0 Å². The van der Waals surface area contributed by atoms with Crippen molar-refractivity contribution in [1.82, 2.24) is 15.5 Å². The second kappa shape index (κ2) is 7.47. The van der Waals surface area contributed by atoms with Gasteiger partial charge >= 0.3 is 0 Å². The molecule has 1 rings (SSSR count). The summed E-state index contributed by atoms with van der Waals surface area (Å²) in [5.74, 6) is -0.316. The zero-order chi connectivity index (χ0) is 14.5. The number of nitrogens with one attached hydrogen (secondary N) is 1. The molecule has 0 aromatic carbocycles. The normalized spacial score (nSPS) is 16.0. The van der Waals surface area contributed by atoms with Crippen LogP contribution in [0.5, 0.6) is 0 Å². The van der Waals surface area contributed by atoms with Gasteiger partial charge in [0.25, 0.3) is 0 Å². The number of hydrogen-bond donors (Lipinski definition) is 2. The van der Waals surface area contributed by atoms with Crippen LogP contribution in [-0.2, 0) is 4.79 Å². The van der Waals surface area contributed by atoms with Crippen LogP contribution in [0.15, 0.2) is 8.68 Å². The Labute approximate surface area is 126 Å². The van der Waals surface area contributed by atoms with Gasteiger partial charge in [-0.2, -0.15) is 0 Å². The minimum atomic E-state index is -0.672. The van der Waals surface area contributed by atoms with Gasteiger partial charge in [0.2, 0.25) is 5.91 Å². The Bertz CT molecular complexity index is 426. The van der Waals surface area contributed by atoms with Crippen molar-refractivity contribution in [2.45, 2.75) is 46.7 Å². The van der Waals surface area contributed by atoms with E-state index in [4.69, 9.17) is 5.73 Å². The highest BCUT2D eigenvalue weighted by Gasteiger charge is 2.32. The van der Waals surface area contributed by atoms with E-state index in [0.29, 0.717) is 13.0 Å². The summed E-state index contributed by atoms with van der Waals surface area (Å²) in [7, 11) is 0. The van der Waals surface area contributed by atoms with E-state index in [9.17, 15) is 4.79 Å². The molecule has 0 saturated carbocycles. The van der Waals surface area contributed by atoms with Gasteiger partial charge in [0, 0.05) is 5.25 Å². The molecule has 1 aromatic heterocycles. The molecular formula is C11H20N4OS3. The minimum absolute atomic E-state index is 0.235. The first-order chi connectivity index (χ1) is 8.91. The van der Waals surface area contributed by atoms with E-state index in [0.717, 1.165) is 8.68 Å². The van der Waals surface area contributed by atoms with Gasteiger partial charge in [0.1, 0.15) is 0 Å². The molecule has 0 fully saturated rings. The molecule has 2 unspecified atom stereocenters. The lowest BCUT2D eigenvalue weighted by Gasteiger charge is -2.29. The fraction of sp³-hybridized carbons (Fsp3) is 0.727. The molecule has 1 aromatic rings. The Hall–Kier alpha value is -0.310. The maximum Gasteiger partial charge on any atom is 0.237 e. The molecule has 2 atom stereocenters. The van der Waals surface area contributed by atoms with Crippen LogP contribution in [0.1, 0.15) is 27.2 Å². The predicted molar refractivity (Wildman–Crippen MR) is 82.9 cm³/mol. The van der Waals surface area contributed by atoms with E-state index in [-0.39, 0.29) is 11.2 Å². The summed E-state index contributed by atoms with van der Waals surface area (Å²) in [6.07, 6.45) is 2.64. The molecule has 0 aliphatic carbocycles. The Morgan fingerprint density at radius 3 is 2.63 bits per heavy atom. The van der Waals surface area contributed by atoms with E-state index in [1.165, 1.54) is 0 Å². The van der Waals surface area contributed by atoms with Gasteiger partial charge in [-0.05, 0) is 26.1 Å². The molecule has 8 heteroatoms. The van der Waals surface area contributed by atoms with Gasteiger partial charge in [-0.3, -0.25) is 4.79 Å². The number of likely N-dealkylation sites (N-methyl/N-ethyl adjacent to an activating group) is 1. The SMILES string of the molecule is CCNC(C)(CC(C)Sc1nnc(SC)s1)C(N)=O. The molecule has 1 heterocycles. The molecule has 108 valence electrons. The lowest BCUT2D eigenvalue weighted by Crippen LogP contribution is -2.54. The summed E-state index contributed by atoms with van der Waals surface area (Å²) in [4.78, 5) is 11.6. The first kappa shape index (κ1) is 16.7. The lowest BCUT2D eigenvalue weighted by molar-refractivity contribution is -0.124. The van der Waals surface area contributed by atoms with Crippen molar-refractivity contribution in [3.8, 4) is 0 Å². The second-order valence-electron chi connectivity index (χ2n) is 4.40. The zero-order valence-corrected chi connectivity index (χ0v) is 14.0. The number of aromatic nitrogens is 2. The number of carbonyl (C=O) groups is 1. The van der Waals surface area contributed by atoms with Crippen molar-refractivity contribution in [2.24, 2.45) is 5.73 Å². The summed E-state index contributed by atoms with van der Waals surface area (Å²) < 4.78 is 1.89. The fourth-order valence-electron chi connectivity index (χ4n) is 1.77. The van der Waals surface area contributed by atoms with Gasteiger partial charge in [-0.15, -0.1) is 10.2 Å². The van der Waals surface area contributed by atoms with Crippen LogP contribution in [0.2, 0.25) is 0 Å². The highest BCUT2D eigenvalue weighted by molar-refractivity contribution is 8.03. The van der Waals surface area contributed by atoms with Crippen molar-refractivity contribution in [1.29, 1.82) is 0 Å². The van der Waals surface area contributed by atoms with Crippen LogP contribution in [0.3, 0.4) is 0 Å². The first-order valence-electron chi connectivity index (χ1n) is 6.00. The van der Waals surface area contributed by atoms with Crippen LogP contribution in [-0.4, -0.2) is 39.7 Å². The average molecular weight is 321 g/mol. The molecule has 3 N–H and O–H groups in total. The third-order valence-corrected chi connectivity index (χ3v) is 5.76. The number of primary amides is 1. The second-order valence-corrected chi connectivity index (χ2v) is 8.11. The van der Waals surface area contributed by atoms with Crippen LogP contribution in [0.4, 0.5) is 0 Å². The molecular weight excluding hydrogens is 300 g/mol. The number of amides is 1. The molecule has 0 saturated heterocycles. The maximum absolute atomic E-state index is 11.6. The summed E-state index contributed by atoms with van der Waals surface area (Å²) in [6, 6.07) is 0. The summed E-state index contributed by atoms with van der Waals surface area (Å²) >= 11 is 4.80. The molecule has 0 bridgehead atoms. The largest absolute Gasteiger partial charge is 0.368 e. The monoisotopic (exact) mass is 320 g/mol. The minimum Gasteiger partial charge on any atom is -0.368 e.